The number of nitrogen functional groups attached to an aromatic ring is 1. The normalized spacial score (nSPS) is 12.1. The van der Waals surface area contributed by atoms with Crippen LogP contribution in [0.4, 0.5) is 11.5 Å². The second-order valence-corrected chi connectivity index (χ2v) is 4.65. The smallest absolute Gasteiger partial charge is 0.141 e. The summed E-state index contributed by atoms with van der Waals surface area (Å²) in [6, 6.07) is 3.78. The van der Waals surface area contributed by atoms with Gasteiger partial charge in [0.15, 0.2) is 0 Å². The van der Waals surface area contributed by atoms with Crippen molar-refractivity contribution in [3.05, 3.63) is 34.9 Å². The second-order valence-electron chi connectivity index (χ2n) is 3.73. The maximum Gasteiger partial charge on any atom is 0.141 e. The monoisotopic (exact) mass is 249 g/mol. The van der Waals surface area contributed by atoms with E-state index in [-0.39, 0.29) is 0 Å². The lowest BCUT2D eigenvalue weighted by molar-refractivity contribution is 0.795. The largest absolute Gasteiger partial charge is 0.384 e. The maximum atomic E-state index is 5.30. The van der Waals surface area contributed by atoms with Crippen molar-refractivity contribution >= 4 is 22.8 Å². The van der Waals surface area contributed by atoms with Gasteiger partial charge in [0.25, 0.3) is 0 Å². The summed E-state index contributed by atoms with van der Waals surface area (Å²) in [7, 11) is 0. The Morgan fingerprint density at radius 1 is 1.41 bits per heavy atom. The minimum Gasteiger partial charge on any atom is -0.384 e. The molecule has 0 bridgehead atoms. The quantitative estimate of drug-likeness (QED) is 0.558. The molecule has 17 heavy (non-hydrogen) atoms. The van der Waals surface area contributed by atoms with Crippen LogP contribution in [0, 0.1) is 0 Å². The third-order valence-electron chi connectivity index (χ3n) is 2.39. The first-order valence-electron chi connectivity index (χ1n) is 5.35. The van der Waals surface area contributed by atoms with Gasteiger partial charge < -0.3 is 10.7 Å². The number of nitrogens with one attached hydrogen (secondary N) is 2. The molecule has 90 valence electrons. The number of rotatable bonds is 5. The Balaban J connectivity index is 1.93. The predicted octanol–water partition coefficient (Wildman–Crippen LogP) is 2.04. The number of anilines is 2. The summed E-state index contributed by atoms with van der Waals surface area (Å²) in [6.07, 6.45) is 3.55. The molecule has 5 nitrogen and oxygen atoms in total. The van der Waals surface area contributed by atoms with E-state index in [2.05, 4.69) is 27.6 Å². The lowest BCUT2D eigenvalue weighted by Gasteiger charge is -2.11. The van der Waals surface area contributed by atoms with Crippen LogP contribution in [0.25, 0.3) is 0 Å². The molecule has 2 heterocycles. The number of thiazole rings is 1. The van der Waals surface area contributed by atoms with Crippen LogP contribution < -0.4 is 16.6 Å². The van der Waals surface area contributed by atoms with Crippen LogP contribution in [-0.4, -0.2) is 16.5 Å². The number of nitrogens with zero attached hydrogens (tertiary/aromatic N) is 2. The highest BCUT2D eigenvalue weighted by molar-refractivity contribution is 7.09. The van der Waals surface area contributed by atoms with Crippen molar-refractivity contribution in [3.63, 3.8) is 0 Å². The third kappa shape index (κ3) is 3.15. The van der Waals surface area contributed by atoms with Gasteiger partial charge >= 0.3 is 0 Å². The van der Waals surface area contributed by atoms with Gasteiger partial charge in [0.2, 0.25) is 0 Å². The summed E-state index contributed by atoms with van der Waals surface area (Å²) >= 11 is 1.68. The molecule has 1 atom stereocenters. The minimum atomic E-state index is 0.387. The molecular formula is C11H15N5S. The van der Waals surface area contributed by atoms with Crippen molar-refractivity contribution < 1.29 is 0 Å². The Labute approximate surface area is 104 Å². The van der Waals surface area contributed by atoms with Gasteiger partial charge in [-0.3, -0.25) is 0 Å². The van der Waals surface area contributed by atoms with Crippen molar-refractivity contribution in [2.45, 2.75) is 12.8 Å². The summed E-state index contributed by atoms with van der Waals surface area (Å²) in [6.45, 7) is 2.98. The summed E-state index contributed by atoms with van der Waals surface area (Å²) in [5.74, 6) is 6.34. The molecule has 6 heteroatoms. The Morgan fingerprint density at radius 3 is 3.00 bits per heavy atom. The molecule has 0 saturated heterocycles. The molecule has 0 spiro atoms. The Bertz CT molecular complexity index is 457. The van der Waals surface area contributed by atoms with E-state index in [1.54, 1.807) is 17.5 Å². The first-order valence-corrected chi connectivity index (χ1v) is 6.23. The second kappa shape index (κ2) is 5.60. The van der Waals surface area contributed by atoms with Gasteiger partial charge in [-0.1, -0.05) is 6.92 Å². The third-order valence-corrected chi connectivity index (χ3v) is 3.40. The fraction of sp³-hybridized carbons (Fsp3) is 0.273. The zero-order valence-corrected chi connectivity index (χ0v) is 10.4. The SMILES string of the molecule is CC(CNc1ccnc(NN)c1)c1nccs1. The first kappa shape index (κ1) is 11.8. The highest BCUT2D eigenvalue weighted by Crippen LogP contribution is 2.19. The molecule has 4 N–H and O–H groups in total. The molecule has 0 aliphatic heterocycles. The van der Waals surface area contributed by atoms with Crippen LogP contribution in [0.1, 0.15) is 17.8 Å². The lowest BCUT2D eigenvalue weighted by Crippen LogP contribution is -2.11. The van der Waals surface area contributed by atoms with Crippen LogP contribution in [0.15, 0.2) is 29.9 Å². The molecule has 2 rings (SSSR count). The van der Waals surface area contributed by atoms with Gasteiger partial charge in [-0.15, -0.1) is 11.3 Å². The summed E-state index contributed by atoms with van der Waals surface area (Å²) in [4.78, 5) is 8.34. The zero-order valence-electron chi connectivity index (χ0n) is 9.55. The highest BCUT2D eigenvalue weighted by Gasteiger charge is 2.07. The van der Waals surface area contributed by atoms with E-state index >= 15 is 0 Å². The molecule has 0 saturated carbocycles. The average molecular weight is 249 g/mol. The summed E-state index contributed by atoms with van der Waals surface area (Å²) in [5.41, 5.74) is 3.52. The Kier molecular flexibility index (Phi) is 3.89. The standard InChI is InChI=1S/C11H15N5S/c1-8(11-14-4-5-17-11)7-15-9-2-3-13-10(6-9)16-12/h2-6,8H,7,12H2,1H3,(H2,13,15,16). The van der Waals surface area contributed by atoms with Crippen LogP contribution in [-0.2, 0) is 0 Å². The summed E-state index contributed by atoms with van der Waals surface area (Å²) in [5, 5.41) is 6.48. The van der Waals surface area contributed by atoms with E-state index in [4.69, 9.17) is 5.84 Å². The van der Waals surface area contributed by atoms with E-state index in [9.17, 15) is 0 Å². The van der Waals surface area contributed by atoms with Gasteiger partial charge in [0.1, 0.15) is 5.82 Å². The molecule has 2 aromatic heterocycles. The van der Waals surface area contributed by atoms with Crippen molar-refractivity contribution in [1.82, 2.24) is 9.97 Å². The number of nitrogens with two attached hydrogens (primary N) is 1. The van der Waals surface area contributed by atoms with E-state index in [0.717, 1.165) is 17.2 Å². The van der Waals surface area contributed by atoms with Crippen molar-refractivity contribution in [3.8, 4) is 0 Å². The number of hydrogen-bond donors (Lipinski definition) is 3. The maximum absolute atomic E-state index is 5.30. The van der Waals surface area contributed by atoms with Gasteiger partial charge in [-0.2, -0.15) is 0 Å². The molecule has 0 radical (unpaired) electrons. The molecule has 0 amide bonds. The van der Waals surface area contributed by atoms with Gasteiger partial charge in [0.05, 0.1) is 5.01 Å². The topological polar surface area (TPSA) is 75.9 Å². The van der Waals surface area contributed by atoms with Crippen molar-refractivity contribution in [1.29, 1.82) is 0 Å². The first-order chi connectivity index (χ1) is 8.29. The van der Waals surface area contributed by atoms with Crippen LogP contribution >= 0.6 is 11.3 Å². The van der Waals surface area contributed by atoms with E-state index < -0.39 is 0 Å². The highest BCUT2D eigenvalue weighted by atomic mass is 32.1. The molecule has 0 fully saturated rings. The Hall–Kier alpha value is -1.66. The average Bonchev–Trinajstić information content (AvgIpc) is 2.90. The zero-order chi connectivity index (χ0) is 12.1. The number of hydrogen-bond acceptors (Lipinski definition) is 6. The Morgan fingerprint density at radius 2 is 2.29 bits per heavy atom. The van der Waals surface area contributed by atoms with Gasteiger partial charge in [-0.25, -0.2) is 15.8 Å². The molecule has 1 unspecified atom stereocenters. The van der Waals surface area contributed by atoms with Crippen LogP contribution in [0.5, 0.6) is 0 Å². The number of pyridine rings is 1. The molecule has 0 aliphatic carbocycles. The number of aromatic nitrogens is 2. The van der Waals surface area contributed by atoms with Gasteiger partial charge in [-0.05, 0) is 6.07 Å². The minimum absolute atomic E-state index is 0.387. The van der Waals surface area contributed by atoms with Gasteiger partial charge in [0, 0.05) is 42.0 Å². The van der Waals surface area contributed by atoms with Crippen LogP contribution in [0.2, 0.25) is 0 Å². The van der Waals surface area contributed by atoms with Crippen LogP contribution in [0.3, 0.4) is 0 Å². The molecule has 0 aromatic carbocycles. The summed E-state index contributed by atoms with van der Waals surface area (Å²) < 4.78 is 0. The molecule has 2 aromatic rings. The van der Waals surface area contributed by atoms with E-state index in [0.29, 0.717) is 11.7 Å². The van der Waals surface area contributed by atoms with E-state index in [1.165, 1.54) is 0 Å². The van der Waals surface area contributed by atoms with Crippen molar-refractivity contribution in [2.75, 3.05) is 17.3 Å². The van der Waals surface area contributed by atoms with E-state index in [1.807, 2.05) is 23.7 Å². The lowest BCUT2D eigenvalue weighted by atomic mass is 10.2. The molecular weight excluding hydrogens is 234 g/mol. The number of hydrazine groups is 1. The fourth-order valence-electron chi connectivity index (χ4n) is 1.46. The fourth-order valence-corrected chi connectivity index (χ4v) is 2.15. The predicted molar refractivity (Wildman–Crippen MR) is 71.1 cm³/mol. The molecule has 0 aliphatic rings. The van der Waals surface area contributed by atoms with Crippen molar-refractivity contribution in [2.24, 2.45) is 5.84 Å².